The molecule has 0 spiro atoms. The molecule has 0 fully saturated rings. The number of benzene rings is 2. The van der Waals surface area contributed by atoms with Crippen LogP contribution >= 0.6 is 0 Å². The van der Waals surface area contributed by atoms with Crippen molar-refractivity contribution in [1.82, 2.24) is 19.5 Å². The number of aromatic nitrogens is 4. The molecule has 3 aromatic heterocycles. The highest BCUT2D eigenvalue weighted by Gasteiger charge is 2.31. The van der Waals surface area contributed by atoms with Gasteiger partial charge >= 0.3 is 6.18 Å². The summed E-state index contributed by atoms with van der Waals surface area (Å²) in [4.78, 5) is 25.7. The molecule has 0 atom stereocenters. The first-order chi connectivity index (χ1) is 18.7. The molecule has 0 aliphatic carbocycles. The Morgan fingerprint density at radius 2 is 1.77 bits per heavy atom. The van der Waals surface area contributed by atoms with Crippen molar-refractivity contribution in [1.29, 1.82) is 0 Å². The summed E-state index contributed by atoms with van der Waals surface area (Å²) in [5, 5.41) is 5.84. The maximum Gasteiger partial charge on any atom is 0.416 e. The summed E-state index contributed by atoms with van der Waals surface area (Å²) in [5.74, 6) is 0.0114. The summed E-state index contributed by atoms with van der Waals surface area (Å²) in [6, 6.07) is 15.9. The van der Waals surface area contributed by atoms with E-state index in [1.54, 1.807) is 49.9 Å². The number of alkyl halides is 3. The highest BCUT2D eigenvalue weighted by molar-refractivity contribution is 6.05. The van der Waals surface area contributed by atoms with Crippen LogP contribution < -0.4 is 10.6 Å². The molecule has 0 radical (unpaired) electrons. The van der Waals surface area contributed by atoms with Gasteiger partial charge in [-0.25, -0.2) is 9.97 Å². The average molecular weight is 529 g/mol. The largest absolute Gasteiger partial charge is 0.416 e. The lowest BCUT2D eigenvalue weighted by atomic mass is 10.1. The van der Waals surface area contributed by atoms with Gasteiger partial charge in [0.2, 0.25) is 0 Å². The molecule has 5 rings (SSSR count). The van der Waals surface area contributed by atoms with Gasteiger partial charge in [0.05, 0.1) is 17.6 Å². The maximum atomic E-state index is 13.6. The van der Waals surface area contributed by atoms with Gasteiger partial charge in [-0.1, -0.05) is 12.1 Å². The van der Waals surface area contributed by atoms with Gasteiger partial charge in [0.25, 0.3) is 5.91 Å². The zero-order chi connectivity index (χ0) is 27.6. The van der Waals surface area contributed by atoms with Crippen LogP contribution in [0.15, 0.2) is 91.8 Å². The third kappa shape index (κ3) is 5.96. The molecule has 0 saturated heterocycles. The minimum atomic E-state index is -4.59. The predicted octanol–water partition coefficient (Wildman–Crippen LogP) is 6.96. The Bertz CT molecular complexity index is 1650. The zero-order valence-corrected chi connectivity index (χ0v) is 21.0. The van der Waals surface area contributed by atoms with Crippen LogP contribution in [-0.2, 0) is 6.18 Å². The van der Waals surface area contributed by atoms with E-state index >= 15 is 0 Å². The molecule has 0 saturated carbocycles. The highest BCUT2D eigenvalue weighted by atomic mass is 19.4. The van der Waals surface area contributed by atoms with Crippen molar-refractivity contribution in [2.24, 2.45) is 0 Å². The molecule has 3 heterocycles. The lowest BCUT2D eigenvalue weighted by Crippen LogP contribution is -2.14. The van der Waals surface area contributed by atoms with Crippen LogP contribution in [0.5, 0.6) is 0 Å². The molecule has 7 nitrogen and oxygen atoms in total. The van der Waals surface area contributed by atoms with E-state index in [1.165, 1.54) is 17.0 Å². The van der Waals surface area contributed by atoms with E-state index in [4.69, 9.17) is 0 Å². The molecule has 5 aromatic rings. The van der Waals surface area contributed by atoms with E-state index in [0.717, 1.165) is 28.8 Å². The fourth-order valence-electron chi connectivity index (χ4n) is 4.01. The fourth-order valence-corrected chi connectivity index (χ4v) is 4.01. The van der Waals surface area contributed by atoms with Crippen molar-refractivity contribution in [2.75, 3.05) is 10.6 Å². The van der Waals surface area contributed by atoms with Gasteiger partial charge in [0, 0.05) is 53.0 Å². The van der Waals surface area contributed by atoms with Gasteiger partial charge in [-0.2, -0.15) is 13.2 Å². The second-order valence-electron chi connectivity index (χ2n) is 8.97. The molecular formula is C29H23F3N6O. The van der Waals surface area contributed by atoms with Crippen LogP contribution in [-0.4, -0.2) is 25.4 Å². The summed E-state index contributed by atoms with van der Waals surface area (Å²) in [5.41, 5.74) is 3.62. The third-order valence-electron chi connectivity index (χ3n) is 6.03. The van der Waals surface area contributed by atoms with Crippen LogP contribution in [0.25, 0.3) is 16.8 Å². The number of carbonyl (C=O) groups excluding carboxylic acids is 1. The Hall–Kier alpha value is -4.99. The summed E-state index contributed by atoms with van der Waals surface area (Å²) in [6.45, 7) is 3.61. The minimum Gasteiger partial charge on any atom is -0.340 e. The van der Waals surface area contributed by atoms with Crippen molar-refractivity contribution in [2.45, 2.75) is 20.0 Å². The van der Waals surface area contributed by atoms with Gasteiger partial charge in [0.1, 0.15) is 5.82 Å². The SMILES string of the molecule is Cc1cn(-c2cc(NC(=O)c3ccc(C)c(Nc4cc(-c5cccnc5)ccn4)c3)cc(C(F)(F)F)c2)cn1. The first-order valence-electron chi connectivity index (χ1n) is 11.9. The second kappa shape index (κ2) is 10.4. The average Bonchev–Trinajstić information content (AvgIpc) is 3.36. The van der Waals surface area contributed by atoms with E-state index in [9.17, 15) is 18.0 Å². The standard InChI is InChI=1S/C29H23F3N6O/c1-18-5-6-21(10-26(18)37-27-11-20(7-9-34-27)22-4-3-8-33-15-22)28(39)36-24-12-23(29(30,31)32)13-25(14-24)38-16-19(2)35-17-38/h3-17H,1-2H3,(H,34,37)(H,36,39). The third-order valence-corrected chi connectivity index (χ3v) is 6.03. The molecule has 196 valence electrons. The minimum absolute atomic E-state index is 0.0112. The van der Waals surface area contributed by atoms with Crippen molar-refractivity contribution < 1.29 is 18.0 Å². The van der Waals surface area contributed by atoms with Crippen LogP contribution in [0.4, 0.5) is 30.4 Å². The number of halogens is 3. The Balaban J connectivity index is 1.41. The molecule has 0 aliphatic heterocycles. The number of nitrogens with one attached hydrogen (secondary N) is 2. The van der Waals surface area contributed by atoms with Gasteiger partial charge < -0.3 is 15.2 Å². The molecule has 0 unspecified atom stereocenters. The van der Waals surface area contributed by atoms with Crippen LogP contribution in [0.3, 0.4) is 0 Å². The van der Waals surface area contributed by atoms with Crippen LogP contribution in [0, 0.1) is 13.8 Å². The van der Waals surface area contributed by atoms with Crippen molar-refractivity contribution >= 4 is 23.1 Å². The number of nitrogens with zero attached hydrogens (tertiary/aromatic N) is 4. The molecule has 2 N–H and O–H groups in total. The summed E-state index contributed by atoms with van der Waals surface area (Å²) < 4.78 is 42.3. The van der Waals surface area contributed by atoms with Crippen molar-refractivity contribution in [3.8, 4) is 16.8 Å². The van der Waals surface area contributed by atoms with E-state index in [-0.39, 0.29) is 16.9 Å². The Morgan fingerprint density at radius 3 is 2.49 bits per heavy atom. The topological polar surface area (TPSA) is 84.7 Å². The molecule has 1 amide bonds. The normalized spacial score (nSPS) is 11.3. The highest BCUT2D eigenvalue weighted by Crippen LogP contribution is 2.33. The number of anilines is 3. The Kier molecular flexibility index (Phi) is 6.84. The molecule has 39 heavy (non-hydrogen) atoms. The number of hydrogen-bond donors (Lipinski definition) is 2. The zero-order valence-electron chi connectivity index (χ0n) is 21.0. The number of aryl methyl sites for hydroxylation is 2. The van der Waals surface area contributed by atoms with E-state index in [0.29, 0.717) is 17.2 Å². The van der Waals surface area contributed by atoms with E-state index in [1.807, 2.05) is 31.2 Å². The lowest BCUT2D eigenvalue weighted by Gasteiger charge is -2.15. The number of amides is 1. The van der Waals surface area contributed by atoms with Gasteiger partial charge in [-0.05, 0) is 73.5 Å². The molecular weight excluding hydrogens is 505 g/mol. The van der Waals surface area contributed by atoms with Crippen LogP contribution in [0.1, 0.15) is 27.2 Å². The number of carbonyl (C=O) groups is 1. The Morgan fingerprint density at radius 1 is 0.923 bits per heavy atom. The van der Waals surface area contributed by atoms with E-state index < -0.39 is 17.6 Å². The molecule has 10 heteroatoms. The molecule has 0 bridgehead atoms. The smallest absolute Gasteiger partial charge is 0.340 e. The predicted molar refractivity (Wildman–Crippen MR) is 143 cm³/mol. The lowest BCUT2D eigenvalue weighted by molar-refractivity contribution is -0.137. The van der Waals surface area contributed by atoms with Gasteiger partial charge in [-0.3, -0.25) is 9.78 Å². The first kappa shape index (κ1) is 25.7. The molecule has 0 aliphatic rings. The van der Waals surface area contributed by atoms with Gasteiger partial charge in [-0.15, -0.1) is 0 Å². The fraction of sp³-hybridized carbons (Fsp3) is 0.103. The number of hydrogen-bond acceptors (Lipinski definition) is 5. The van der Waals surface area contributed by atoms with Gasteiger partial charge in [0.15, 0.2) is 0 Å². The number of rotatable bonds is 6. The molecule has 2 aromatic carbocycles. The second-order valence-corrected chi connectivity index (χ2v) is 8.97. The van der Waals surface area contributed by atoms with Crippen molar-refractivity contribution in [3.05, 3.63) is 114 Å². The summed E-state index contributed by atoms with van der Waals surface area (Å²) >= 11 is 0. The van der Waals surface area contributed by atoms with E-state index in [2.05, 4.69) is 25.6 Å². The maximum absolute atomic E-state index is 13.6. The summed E-state index contributed by atoms with van der Waals surface area (Å²) in [6.07, 6.45) is 3.56. The van der Waals surface area contributed by atoms with Crippen LogP contribution in [0.2, 0.25) is 0 Å². The first-order valence-corrected chi connectivity index (χ1v) is 11.9. The summed E-state index contributed by atoms with van der Waals surface area (Å²) in [7, 11) is 0. The Labute approximate surface area is 222 Å². The monoisotopic (exact) mass is 528 g/mol. The number of pyridine rings is 2. The quantitative estimate of drug-likeness (QED) is 0.249. The van der Waals surface area contributed by atoms with Crippen molar-refractivity contribution in [3.63, 3.8) is 0 Å². The number of imidazole rings is 1.